The molecule has 0 saturated heterocycles. The number of amides is 2. The van der Waals surface area contributed by atoms with Gasteiger partial charge in [0.1, 0.15) is 5.75 Å². The Hall–Kier alpha value is -2.58. The third-order valence-corrected chi connectivity index (χ3v) is 7.45. The van der Waals surface area contributed by atoms with Gasteiger partial charge in [0.05, 0.1) is 15.8 Å². The number of hydrogen-bond donors (Lipinski definition) is 2. The van der Waals surface area contributed by atoms with E-state index in [0.29, 0.717) is 33.3 Å². The first-order valence-electron chi connectivity index (χ1n) is 8.95. The maximum Gasteiger partial charge on any atom is 0.262 e. The van der Waals surface area contributed by atoms with Crippen molar-refractivity contribution in [1.82, 2.24) is 0 Å². The fourth-order valence-electron chi connectivity index (χ4n) is 3.05. The number of nitrogens with one attached hydrogen (secondary N) is 2. The van der Waals surface area contributed by atoms with E-state index in [2.05, 4.69) is 10.6 Å². The molecule has 1 heterocycles. The molecular weight excluding hydrogens is 416 g/mol. The van der Waals surface area contributed by atoms with Gasteiger partial charge < -0.3 is 15.4 Å². The second-order valence-electron chi connectivity index (χ2n) is 6.97. The molecule has 2 aromatic carbocycles. The van der Waals surface area contributed by atoms with Gasteiger partial charge in [-0.3, -0.25) is 9.59 Å². The summed E-state index contributed by atoms with van der Waals surface area (Å²) in [6.07, 6.45) is -0.220. The second kappa shape index (κ2) is 8.04. The Morgan fingerprint density at radius 3 is 2.76 bits per heavy atom. The summed E-state index contributed by atoms with van der Waals surface area (Å²) in [5.74, 6) is -0.431. The number of aryl methyl sites for hydroxylation is 1. The van der Waals surface area contributed by atoms with Crippen molar-refractivity contribution in [3.63, 3.8) is 0 Å². The lowest BCUT2D eigenvalue weighted by atomic mass is 10.2. The lowest BCUT2D eigenvalue weighted by molar-refractivity contribution is -0.118. The van der Waals surface area contributed by atoms with Crippen LogP contribution in [0.15, 0.2) is 35.2 Å². The van der Waals surface area contributed by atoms with E-state index in [-0.39, 0.29) is 23.8 Å². The molecule has 3 rings (SSSR count). The maximum absolute atomic E-state index is 13.1. The van der Waals surface area contributed by atoms with Gasteiger partial charge >= 0.3 is 0 Å². The molecular formula is C20H21ClN2O5S. The highest BCUT2D eigenvalue weighted by atomic mass is 35.5. The Labute approximate surface area is 174 Å². The van der Waals surface area contributed by atoms with Crippen LogP contribution in [0.2, 0.25) is 5.02 Å². The minimum absolute atomic E-state index is 0.0756. The van der Waals surface area contributed by atoms with E-state index in [1.165, 1.54) is 13.0 Å². The number of halogens is 1. The van der Waals surface area contributed by atoms with Gasteiger partial charge in [0.2, 0.25) is 5.91 Å². The highest BCUT2D eigenvalue weighted by molar-refractivity contribution is 7.92. The molecule has 1 unspecified atom stereocenters. The number of sulfone groups is 1. The van der Waals surface area contributed by atoms with Crippen molar-refractivity contribution >= 4 is 44.6 Å². The molecule has 0 spiro atoms. The van der Waals surface area contributed by atoms with E-state index in [1.54, 1.807) is 38.1 Å². The van der Waals surface area contributed by atoms with Crippen molar-refractivity contribution in [2.24, 2.45) is 0 Å². The van der Waals surface area contributed by atoms with Crippen LogP contribution in [-0.4, -0.2) is 32.1 Å². The van der Waals surface area contributed by atoms with E-state index in [0.717, 1.165) is 0 Å². The predicted molar refractivity (Wildman–Crippen MR) is 111 cm³/mol. The van der Waals surface area contributed by atoms with Crippen molar-refractivity contribution in [1.29, 1.82) is 0 Å². The molecule has 154 valence electrons. The summed E-state index contributed by atoms with van der Waals surface area (Å²) < 4.78 is 31.5. The van der Waals surface area contributed by atoms with E-state index < -0.39 is 21.0 Å². The Morgan fingerprint density at radius 1 is 1.31 bits per heavy atom. The molecule has 1 atom stereocenters. The molecule has 0 saturated carbocycles. The molecule has 29 heavy (non-hydrogen) atoms. The Kier molecular flexibility index (Phi) is 5.86. The van der Waals surface area contributed by atoms with Crippen LogP contribution in [0.1, 0.15) is 24.5 Å². The summed E-state index contributed by atoms with van der Waals surface area (Å²) in [6, 6.07) is 8.08. The molecule has 0 aromatic heterocycles. The summed E-state index contributed by atoms with van der Waals surface area (Å²) in [6.45, 7) is 4.72. The van der Waals surface area contributed by atoms with Crippen molar-refractivity contribution in [3.8, 4) is 5.75 Å². The molecule has 7 nitrogen and oxygen atoms in total. The number of fused-ring (bicyclic) bond motifs is 1. The van der Waals surface area contributed by atoms with Crippen LogP contribution in [0.3, 0.4) is 0 Å². The molecule has 1 aliphatic heterocycles. The number of benzene rings is 2. The minimum atomic E-state index is -3.80. The Morgan fingerprint density at radius 2 is 2.03 bits per heavy atom. The maximum atomic E-state index is 13.1. The quantitative estimate of drug-likeness (QED) is 0.747. The number of hydrogen-bond acceptors (Lipinski definition) is 5. The zero-order valence-corrected chi connectivity index (χ0v) is 17.8. The number of rotatable bonds is 5. The summed E-state index contributed by atoms with van der Waals surface area (Å²) in [5, 5.41) is 4.91. The fourth-order valence-corrected chi connectivity index (χ4v) is 4.81. The average molecular weight is 437 g/mol. The highest BCUT2D eigenvalue weighted by Gasteiger charge is 2.29. The fraction of sp³-hybridized carbons (Fsp3) is 0.300. The van der Waals surface area contributed by atoms with Gasteiger partial charge in [0.15, 0.2) is 16.4 Å². The first-order chi connectivity index (χ1) is 13.6. The van der Waals surface area contributed by atoms with Gasteiger partial charge in [0, 0.05) is 23.2 Å². The van der Waals surface area contributed by atoms with Gasteiger partial charge in [0.25, 0.3) is 5.91 Å². The monoisotopic (exact) mass is 436 g/mol. The van der Waals surface area contributed by atoms with Crippen LogP contribution < -0.4 is 15.4 Å². The number of ether oxygens (including phenoxy) is 1. The number of carbonyl (C=O) groups excluding carboxylic acids is 2. The first-order valence-corrected chi connectivity index (χ1v) is 10.9. The largest absolute Gasteiger partial charge is 0.482 e. The minimum Gasteiger partial charge on any atom is -0.482 e. The van der Waals surface area contributed by atoms with E-state index >= 15 is 0 Å². The van der Waals surface area contributed by atoms with Gasteiger partial charge in [-0.15, -0.1) is 0 Å². The normalized spacial score (nSPS) is 14.4. The summed E-state index contributed by atoms with van der Waals surface area (Å²) in [7, 11) is -3.80. The van der Waals surface area contributed by atoms with Crippen LogP contribution in [0, 0.1) is 13.8 Å². The average Bonchev–Trinajstić information content (AvgIpc) is 2.64. The van der Waals surface area contributed by atoms with Gasteiger partial charge in [-0.25, -0.2) is 8.42 Å². The van der Waals surface area contributed by atoms with Crippen LogP contribution >= 0.6 is 11.6 Å². The Balaban J connectivity index is 1.79. The highest BCUT2D eigenvalue weighted by Crippen LogP contribution is 2.34. The van der Waals surface area contributed by atoms with Gasteiger partial charge in [-0.05, 0) is 50.1 Å². The van der Waals surface area contributed by atoms with Gasteiger partial charge in [-0.1, -0.05) is 17.7 Å². The molecule has 0 bridgehead atoms. The molecule has 2 N–H and O–H groups in total. The third-order valence-electron chi connectivity index (χ3n) is 4.76. The van der Waals surface area contributed by atoms with Crippen molar-refractivity contribution in [2.75, 3.05) is 17.2 Å². The lowest BCUT2D eigenvalue weighted by Gasteiger charge is -2.21. The van der Waals surface area contributed by atoms with Crippen LogP contribution in [-0.2, 0) is 19.4 Å². The summed E-state index contributed by atoms with van der Waals surface area (Å²) >= 11 is 6.05. The van der Waals surface area contributed by atoms with Crippen molar-refractivity contribution in [2.45, 2.75) is 37.3 Å². The van der Waals surface area contributed by atoms with E-state index in [1.807, 2.05) is 0 Å². The SMILES string of the molecule is Cc1cc2c(cc1S(=O)(=O)C(C)CC(=O)Nc1cccc(Cl)c1C)OCC(=O)N2. The van der Waals surface area contributed by atoms with Crippen molar-refractivity contribution < 1.29 is 22.7 Å². The molecule has 0 radical (unpaired) electrons. The summed E-state index contributed by atoms with van der Waals surface area (Å²) in [5.41, 5.74) is 2.15. The molecule has 2 aromatic rings. The lowest BCUT2D eigenvalue weighted by Crippen LogP contribution is -2.27. The molecule has 0 fully saturated rings. The van der Waals surface area contributed by atoms with Crippen molar-refractivity contribution in [3.05, 3.63) is 46.5 Å². The summed E-state index contributed by atoms with van der Waals surface area (Å²) in [4.78, 5) is 23.9. The first kappa shape index (κ1) is 21.1. The van der Waals surface area contributed by atoms with E-state index in [4.69, 9.17) is 16.3 Å². The zero-order valence-electron chi connectivity index (χ0n) is 16.2. The standard InChI is InChI=1S/C20H21ClN2O5S/c1-11-7-16-17(28-10-20(25)23-16)9-18(11)29(26,27)12(2)8-19(24)22-15-6-4-5-14(21)13(15)3/h4-7,9,12H,8,10H2,1-3H3,(H,22,24)(H,23,25). The van der Waals surface area contributed by atoms with Crippen LogP contribution in [0.4, 0.5) is 11.4 Å². The van der Waals surface area contributed by atoms with E-state index in [9.17, 15) is 18.0 Å². The smallest absolute Gasteiger partial charge is 0.262 e. The zero-order chi connectivity index (χ0) is 21.3. The third kappa shape index (κ3) is 4.38. The molecule has 1 aliphatic rings. The molecule has 0 aliphatic carbocycles. The predicted octanol–water partition coefficient (Wildman–Crippen LogP) is 3.48. The number of anilines is 2. The molecule has 9 heteroatoms. The van der Waals surface area contributed by atoms with Crippen LogP contribution in [0.25, 0.3) is 0 Å². The van der Waals surface area contributed by atoms with Crippen LogP contribution in [0.5, 0.6) is 5.75 Å². The topological polar surface area (TPSA) is 102 Å². The van der Waals surface area contributed by atoms with Gasteiger partial charge in [-0.2, -0.15) is 0 Å². The number of carbonyl (C=O) groups is 2. The molecule has 2 amide bonds. The second-order valence-corrected chi connectivity index (χ2v) is 9.71. The Bertz CT molecular complexity index is 1100.